The zero-order chi connectivity index (χ0) is 15.1. The number of benzene rings is 2. The van der Waals surface area contributed by atoms with Gasteiger partial charge in [-0.3, -0.25) is 4.79 Å². The van der Waals surface area contributed by atoms with Crippen LogP contribution in [0.4, 0.5) is 5.69 Å². The average Bonchev–Trinajstić information content (AvgIpc) is 2.79. The van der Waals surface area contributed by atoms with Crippen LogP contribution in [-0.4, -0.2) is 15.8 Å². The molecule has 4 N–H and O–H groups in total. The number of aromatic nitrogens is 2. The summed E-state index contributed by atoms with van der Waals surface area (Å²) in [5.41, 5.74) is 8.11. The Morgan fingerprint density at radius 3 is 2.43 bits per heavy atom. The van der Waals surface area contributed by atoms with Crippen LogP contribution in [0, 0.1) is 0 Å². The summed E-state index contributed by atoms with van der Waals surface area (Å²) in [6, 6.07) is 8.45. The Morgan fingerprint density at radius 1 is 1.05 bits per heavy atom. The maximum Gasteiger partial charge on any atom is 0.323 e. The third-order valence-electron chi connectivity index (χ3n) is 3.12. The zero-order valence-corrected chi connectivity index (χ0v) is 13.7. The third kappa shape index (κ3) is 2.43. The van der Waals surface area contributed by atoms with E-state index >= 15 is 0 Å². The number of nitrogens with one attached hydrogen (secondary N) is 2. The van der Waals surface area contributed by atoms with Crippen molar-refractivity contribution in [3.8, 4) is 0 Å². The van der Waals surface area contributed by atoms with Gasteiger partial charge in [0.2, 0.25) is 0 Å². The first kappa shape index (κ1) is 14.1. The van der Waals surface area contributed by atoms with Gasteiger partial charge < -0.3 is 15.7 Å². The second-order valence-corrected chi connectivity index (χ2v) is 6.14. The minimum absolute atomic E-state index is 0.190. The van der Waals surface area contributed by atoms with E-state index in [4.69, 9.17) is 5.73 Å². The highest BCUT2D eigenvalue weighted by Gasteiger charge is 2.18. The molecule has 0 radical (unpaired) electrons. The largest absolute Gasteiger partial charge is 0.398 e. The normalized spacial score (nSPS) is 11.0. The molecule has 0 saturated heterocycles. The Bertz CT molecular complexity index is 928. The van der Waals surface area contributed by atoms with E-state index in [-0.39, 0.29) is 11.5 Å². The highest BCUT2D eigenvalue weighted by atomic mass is 79.9. The molecule has 21 heavy (non-hydrogen) atoms. The minimum atomic E-state index is -0.313. The first-order chi connectivity index (χ1) is 9.97. The lowest BCUT2D eigenvalue weighted by Gasteiger charge is -2.08. The van der Waals surface area contributed by atoms with E-state index in [1.54, 1.807) is 30.3 Å². The van der Waals surface area contributed by atoms with Crippen LogP contribution in [0.5, 0.6) is 0 Å². The molecule has 0 atom stereocenters. The summed E-state index contributed by atoms with van der Waals surface area (Å²) in [5, 5.41) is 0. The van der Waals surface area contributed by atoms with E-state index in [0.29, 0.717) is 36.8 Å². The van der Waals surface area contributed by atoms with Crippen LogP contribution in [0.15, 0.2) is 44.1 Å². The van der Waals surface area contributed by atoms with E-state index in [1.807, 2.05) is 0 Å². The van der Waals surface area contributed by atoms with Gasteiger partial charge in [-0.25, -0.2) is 4.79 Å². The monoisotopic (exact) mass is 409 g/mol. The predicted octanol–water partition coefficient (Wildman–Crippen LogP) is 3.19. The summed E-state index contributed by atoms with van der Waals surface area (Å²) < 4.78 is 1.16. The Labute approximate surface area is 135 Å². The number of H-pyrrole nitrogens is 2. The molecule has 0 saturated carbocycles. The lowest BCUT2D eigenvalue weighted by Crippen LogP contribution is -2.05. The number of carbonyl (C=O) groups excluding carboxylic acids is 1. The smallest absolute Gasteiger partial charge is 0.323 e. The lowest BCUT2D eigenvalue weighted by atomic mass is 10.0. The highest BCUT2D eigenvalue weighted by molar-refractivity contribution is 9.11. The van der Waals surface area contributed by atoms with Crippen LogP contribution in [-0.2, 0) is 0 Å². The molecule has 1 aromatic heterocycles. The van der Waals surface area contributed by atoms with Gasteiger partial charge in [-0.2, -0.15) is 0 Å². The Hall–Kier alpha value is -1.86. The number of hydrogen-bond donors (Lipinski definition) is 3. The number of imidazole rings is 1. The van der Waals surface area contributed by atoms with Crippen molar-refractivity contribution in [2.45, 2.75) is 0 Å². The number of fused-ring (bicyclic) bond motifs is 1. The molecule has 106 valence electrons. The van der Waals surface area contributed by atoms with Gasteiger partial charge in [0.05, 0.1) is 15.5 Å². The summed E-state index contributed by atoms with van der Waals surface area (Å²) in [6.45, 7) is 0. The molecule has 0 aliphatic rings. The number of ketones is 1. The molecule has 0 aliphatic carbocycles. The fourth-order valence-corrected chi connectivity index (χ4v) is 3.07. The zero-order valence-electron chi connectivity index (χ0n) is 10.5. The molecule has 1 heterocycles. The molecule has 0 bridgehead atoms. The second kappa shape index (κ2) is 5.16. The Kier molecular flexibility index (Phi) is 3.46. The standard InChI is InChI=1S/C14H9Br2N3O2/c15-8-5-11-10(18-14(21)19-11)4-7(8)13(20)6-2-1-3-9(17)12(6)16/h1-5H,17H2,(H2,18,19,21). The van der Waals surface area contributed by atoms with Gasteiger partial charge in [0.1, 0.15) is 0 Å². The fourth-order valence-electron chi connectivity index (χ4n) is 2.10. The van der Waals surface area contributed by atoms with Crippen LogP contribution < -0.4 is 11.4 Å². The third-order valence-corrected chi connectivity index (χ3v) is 4.66. The summed E-state index contributed by atoms with van der Waals surface area (Å²) in [4.78, 5) is 29.3. The van der Waals surface area contributed by atoms with Crippen molar-refractivity contribution < 1.29 is 4.79 Å². The summed E-state index contributed by atoms with van der Waals surface area (Å²) >= 11 is 6.70. The van der Waals surface area contributed by atoms with Gasteiger partial charge in [0, 0.05) is 21.3 Å². The molecule has 5 nitrogen and oxygen atoms in total. The van der Waals surface area contributed by atoms with Gasteiger partial charge in [-0.1, -0.05) is 6.07 Å². The molecule has 0 spiro atoms. The summed E-state index contributed by atoms with van der Waals surface area (Å²) in [6.07, 6.45) is 0. The number of hydrogen-bond acceptors (Lipinski definition) is 3. The number of halogens is 2. The SMILES string of the molecule is Nc1cccc(C(=O)c2cc3[nH]c(=O)[nH]c3cc2Br)c1Br. The number of anilines is 1. The van der Waals surface area contributed by atoms with Crippen molar-refractivity contribution >= 4 is 54.4 Å². The summed E-state index contributed by atoms with van der Waals surface area (Å²) in [5.74, 6) is -0.190. The van der Waals surface area contributed by atoms with Gasteiger partial charge >= 0.3 is 5.69 Å². The number of nitrogen functional groups attached to an aromatic ring is 1. The van der Waals surface area contributed by atoms with Gasteiger partial charge in [-0.15, -0.1) is 0 Å². The second-order valence-electron chi connectivity index (χ2n) is 4.49. The first-order valence-corrected chi connectivity index (χ1v) is 7.56. The van der Waals surface area contributed by atoms with Crippen LogP contribution in [0.25, 0.3) is 11.0 Å². The number of rotatable bonds is 2. The number of carbonyl (C=O) groups is 1. The molecule has 7 heteroatoms. The Balaban J connectivity index is 2.19. The van der Waals surface area contributed by atoms with Crippen molar-refractivity contribution in [3.05, 3.63) is 60.9 Å². The van der Waals surface area contributed by atoms with Gasteiger partial charge in [-0.05, 0) is 56.1 Å². The average molecular weight is 411 g/mol. The highest BCUT2D eigenvalue weighted by Crippen LogP contribution is 2.29. The first-order valence-electron chi connectivity index (χ1n) is 5.97. The van der Waals surface area contributed by atoms with Crippen LogP contribution in [0.1, 0.15) is 15.9 Å². The molecule has 3 rings (SSSR count). The van der Waals surface area contributed by atoms with E-state index in [1.165, 1.54) is 0 Å². The molecule has 2 aromatic carbocycles. The van der Waals surface area contributed by atoms with Crippen molar-refractivity contribution in [3.63, 3.8) is 0 Å². The van der Waals surface area contributed by atoms with Gasteiger partial charge in [0.25, 0.3) is 0 Å². The molecule has 3 aromatic rings. The van der Waals surface area contributed by atoms with Gasteiger partial charge in [0.15, 0.2) is 5.78 Å². The number of nitrogens with two attached hydrogens (primary N) is 1. The molecular weight excluding hydrogens is 402 g/mol. The maximum absolute atomic E-state index is 12.7. The molecule has 0 fully saturated rings. The summed E-state index contributed by atoms with van der Waals surface area (Å²) in [7, 11) is 0. The van der Waals surface area contributed by atoms with Crippen LogP contribution in [0.3, 0.4) is 0 Å². The van der Waals surface area contributed by atoms with Crippen molar-refractivity contribution in [2.24, 2.45) is 0 Å². The molecular formula is C14H9Br2N3O2. The fraction of sp³-hybridized carbons (Fsp3) is 0. The predicted molar refractivity (Wildman–Crippen MR) is 88.6 cm³/mol. The van der Waals surface area contributed by atoms with E-state index in [2.05, 4.69) is 41.8 Å². The Morgan fingerprint density at radius 2 is 1.71 bits per heavy atom. The lowest BCUT2D eigenvalue weighted by molar-refractivity contribution is 0.103. The van der Waals surface area contributed by atoms with Crippen LogP contribution >= 0.6 is 31.9 Å². The quantitative estimate of drug-likeness (QED) is 0.447. The van der Waals surface area contributed by atoms with E-state index in [0.717, 1.165) is 0 Å². The molecule has 0 aliphatic heterocycles. The number of aromatic amines is 2. The molecule has 0 unspecified atom stereocenters. The van der Waals surface area contributed by atoms with E-state index in [9.17, 15) is 9.59 Å². The van der Waals surface area contributed by atoms with Crippen LogP contribution in [0.2, 0.25) is 0 Å². The van der Waals surface area contributed by atoms with Crippen molar-refractivity contribution in [1.82, 2.24) is 9.97 Å². The van der Waals surface area contributed by atoms with E-state index < -0.39 is 0 Å². The van der Waals surface area contributed by atoms with Crippen molar-refractivity contribution in [1.29, 1.82) is 0 Å². The minimum Gasteiger partial charge on any atom is -0.398 e. The van der Waals surface area contributed by atoms with Crippen molar-refractivity contribution in [2.75, 3.05) is 5.73 Å². The molecule has 0 amide bonds. The maximum atomic E-state index is 12.7. The topological polar surface area (TPSA) is 91.7 Å².